The third-order valence-corrected chi connectivity index (χ3v) is 4.11. The smallest absolute Gasteiger partial charge is 0.237 e. The van der Waals surface area contributed by atoms with Gasteiger partial charge in [-0.15, -0.1) is 0 Å². The third-order valence-electron chi connectivity index (χ3n) is 4.11. The molecule has 1 aromatic rings. The van der Waals surface area contributed by atoms with E-state index in [1.54, 1.807) is 0 Å². The summed E-state index contributed by atoms with van der Waals surface area (Å²) in [7, 11) is 0. The molecule has 128 valence electrons. The standard InChI is InChI=1S/C20H32N2O/c1-16(2)12-21(13-17(3)4)15-20(23)22(19-10-11-19)14-18-8-6-5-7-9-18/h5-9,16-17,19H,10-15H2,1-4H3. The van der Waals surface area contributed by atoms with E-state index in [2.05, 4.69) is 61.8 Å². The van der Waals surface area contributed by atoms with Crippen molar-refractivity contribution in [3.8, 4) is 0 Å². The Morgan fingerprint density at radius 1 is 1.04 bits per heavy atom. The second-order valence-corrected chi connectivity index (χ2v) is 7.72. The highest BCUT2D eigenvalue weighted by molar-refractivity contribution is 5.79. The SMILES string of the molecule is CC(C)CN(CC(=O)N(Cc1ccccc1)C1CC1)CC(C)C. The Balaban J connectivity index is 1.98. The molecule has 0 bridgehead atoms. The van der Waals surface area contributed by atoms with Crippen LogP contribution >= 0.6 is 0 Å². The molecule has 0 unspecified atom stereocenters. The normalized spacial score (nSPS) is 14.7. The van der Waals surface area contributed by atoms with Crippen LogP contribution in [0.4, 0.5) is 0 Å². The summed E-state index contributed by atoms with van der Waals surface area (Å²) in [5.74, 6) is 1.47. The largest absolute Gasteiger partial charge is 0.334 e. The molecule has 1 aromatic carbocycles. The van der Waals surface area contributed by atoms with E-state index in [9.17, 15) is 4.79 Å². The van der Waals surface area contributed by atoms with Crippen LogP contribution in [0.3, 0.4) is 0 Å². The molecule has 1 saturated carbocycles. The Bertz CT molecular complexity index is 470. The lowest BCUT2D eigenvalue weighted by Crippen LogP contribution is -2.43. The van der Waals surface area contributed by atoms with Crippen molar-refractivity contribution in [3.05, 3.63) is 35.9 Å². The maximum Gasteiger partial charge on any atom is 0.237 e. The van der Waals surface area contributed by atoms with Gasteiger partial charge in [-0.2, -0.15) is 0 Å². The molecule has 3 heteroatoms. The molecule has 0 aliphatic heterocycles. The molecule has 0 spiro atoms. The van der Waals surface area contributed by atoms with Crippen molar-refractivity contribution < 1.29 is 4.79 Å². The van der Waals surface area contributed by atoms with E-state index in [-0.39, 0.29) is 5.91 Å². The van der Waals surface area contributed by atoms with Crippen LogP contribution in [0.2, 0.25) is 0 Å². The van der Waals surface area contributed by atoms with Crippen LogP contribution in [0.1, 0.15) is 46.1 Å². The predicted molar refractivity (Wildman–Crippen MR) is 96.1 cm³/mol. The Kier molecular flexibility index (Phi) is 6.64. The summed E-state index contributed by atoms with van der Waals surface area (Å²) in [6.07, 6.45) is 2.32. The molecule has 0 aromatic heterocycles. The second kappa shape index (κ2) is 8.49. The van der Waals surface area contributed by atoms with Gasteiger partial charge >= 0.3 is 0 Å². The molecule has 1 amide bonds. The van der Waals surface area contributed by atoms with Crippen LogP contribution < -0.4 is 0 Å². The third kappa shape index (κ3) is 6.34. The molecule has 0 atom stereocenters. The zero-order valence-corrected chi connectivity index (χ0v) is 15.2. The molecule has 3 nitrogen and oxygen atoms in total. The Morgan fingerprint density at radius 2 is 1.61 bits per heavy atom. The predicted octanol–water partition coefficient (Wildman–Crippen LogP) is 3.79. The average molecular weight is 316 g/mol. The van der Waals surface area contributed by atoms with Gasteiger partial charge < -0.3 is 4.90 Å². The summed E-state index contributed by atoms with van der Waals surface area (Å²) >= 11 is 0. The van der Waals surface area contributed by atoms with E-state index < -0.39 is 0 Å². The van der Waals surface area contributed by atoms with Crippen LogP contribution in [0.15, 0.2) is 30.3 Å². The van der Waals surface area contributed by atoms with E-state index in [1.165, 1.54) is 5.56 Å². The maximum atomic E-state index is 12.9. The lowest BCUT2D eigenvalue weighted by atomic mass is 10.1. The van der Waals surface area contributed by atoms with E-state index in [0.29, 0.717) is 24.4 Å². The topological polar surface area (TPSA) is 23.6 Å². The summed E-state index contributed by atoms with van der Waals surface area (Å²) in [6.45, 7) is 12.2. The fourth-order valence-electron chi connectivity index (χ4n) is 3.11. The Labute approximate surface area is 141 Å². The first-order chi connectivity index (χ1) is 11.0. The summed E-state index contributed by atoms with van der Waals surface area (Å²) in [5, 5.41) is 0. The quantitative estimate of drug-likeness (QED) is 0.692. The first-order valence-corrected chi connectivity index (χ1v) is 9.01. The zero-order chi connectivity index (χ0) is 16.8. The van der Waals surface area contributed by atoms with E-state index in [4.69, 9.17) is 0 Å². The molecule has 1 aliphatic carbocycles. The number of amides is 1. The van der Waals surface area contributed by atoms with Crippen LogP contribution in [0.5, 0.6) is 0 Å². The number of benzene rings is 1. The second-order valence-electron chi connectivity index (χ2n) is 7.72. The van der Waals surface area contributed by atoms with Crippen molar-refractivity contribution in [2.75, 3.05) is 19.6 Å². The highest BCUT2D eigenvalue weighted by Gasteiger charge is 2.33. The molecular weight excluding hydrogens is 284 g/mol. The van der Waals surface area contributed by atoms with Crippen LogP contribution in [0, 0.1) is 11.8 Å². The Morgan fingerprint density at radius 3 is 2.09 bits per heavy atom. The fraction of sp³-hybridized carbons (Fsp3) is 0.650. The van der Waals surface area contributed by atoms with Crippen molar-refractivity contribution >= 4 is 5.91 Å². The number of hydrogen-bond donors (Lipinski definition) is 0. The summed E-state index contributed by atoms with van der Waals surface area (Å²) in [4.78, 5) is 17.3. The van der Waals surface area contributed by atoms with Gasteiger partial charge in [-0.1, -0.05) is 58.0 Å². The number of rotatable bonds is 9. The van der Waals surface area contributed by atoms with Crippen LogP contribution in [-0.4, -0.2) is 41.4 Å². The molecule has 0 heterocycles. The van der Waals surface area contributed by atoms with E-state index >= 15 is 0 Å². The zero-order valence-electron chi connectivity index (χ0n) is 15.2. The van der Waals surface area contributed by atoms with Gasteiger partial charge in [0, 0.05) is 25.7 Å². The Hall–Kier alpha value is -1.35. The molecule has 23 heavy (non-hydrogen) atoms. The highest BCUT2D eigenvalue weighted by Crippen LogP contribution is 2.28. The molecule has 0 radical (unpaired) electrons. The molecule has 2 rings (SSSR count). The van der Waals surface area contributed by atoms with Gasteiger partial charge in [-0.3, -0.25) is 9.69 Å². The summed E-state index contributed by atoms with van der Waals surface area (Å²) in [5.41, 5.74) is 1.23. The molecule has 1 fully saturated rings. The molecule has 0 saturated heterocycles. The van der Waals surface area contributed by atoms with Gasteiger partial charge in [0.2, 0.25) is 5.91 Å². The van der Waals surface area contributed by atoms with Crippen molar-refractivity contribution in [2.45, 2.75) is 53.1 Å². The fourth-order valence-corrected chi connectivity index (χ4v) is 3.11. The van der Waals surface area contributed by atoms with Crippen molar-refractivity contribution in [1.29, 1.82) is 0 Å². The lowest BCUT2D eigenvalue weighted by Gasteiger charge is -2.29. The van der Waals surface area contributed by atoms with Crippen LogP contribution in [0.25, 0.3) is 0 Å². The summed E-state index contributed by atoms with van der Waals surface area (Å²) < 4.78 is 0. The lowest BCUT2D eigenvalue weighted by molar-refractivity contribution is -0.133. The number of nitrogens with zero attached hydrogens (tertiary/aromatic N) is 2. The minimum absolute atomic E-state index is 0.289. The monoisotopic (exact) mass is 316 g/mol. The first kappa shape index (κ1) is 18.0. The van der Waals surface area contributed by atoms with Gasteiger partial charge in [-0.05, 0) is 30.2 Å². The minimum atomic E-state index is 0.289. The first-order valence-electron chi connectivity index (χ1n) is 9.01. The van der Waals surface area contributed by atoms with Crippen molar-refractivity contribution in [3.63, 3.8) is 0 Å². The number of carbonyl (C=O) groups excluding carboxylic acids is 1. The van der Waals surface area contributed by atoms with Gasteiger partial charge in [0.25, 0.3) is 0 Å². The minimum Gasteiger partial charge on any atom is -0.334 e. The molecule has 1 aliphatic rings. The van der Waals surface area contributed by atoms with Gasteiger partial charge in [0.05, 0.1) is 6.54 Å². The average Bonchev–Trinajstić information content (AvgIpc) is 3.28. The van der Waals surface area contributed by atoms with Gasteiger partial charge in [0.1, 0.15) is 0 Å². The summed E-state index contributed by atoms with van der Waals surface area (Å²) in [6, 6.07) is 10.8. The van der Waals surface area contributed by atoms with Crippen LogP contribution in [-0.2, 0) is 11.3 Å². The number of carbonyl (C=O) groups is 1. The van der Waals surface area contributed by atoms with E-state index in [1.807, 2.05) is 6.07 Å². The van der Waals surface area contributed by atoms with Crippen molar-refractivity contribution in [2.24, 2.45) is 11.8 Å². The molecular formula is C20H32N2O. The van der Waals surface area contributed by atoms with Gasteiger partial charge in [0.15, 0.2) is 0 Å². The van der Waals surface area contributed by atoms with E-state index in [0.717, 1.165) is 32.5 Å². The highest BCUT2D eigenvalue weighted by atomic mass is 16.2. The van der Waals surface area contributed by atoms with Gasteiger partial charge in [-0.25, -0.2) is 0 Å². The maximum absolute atomic E-state index is 12.9. The molecule has 0 N–H and O–H groups in total. The number of hydrogen-bond acceptors (Lipinski definition) is 2. The van der Waals surface area contributed by atoms with Crippen molar-refractivity contribution in [1.82, 2.24) is 9.80 Å².